The van der Waals surface area contributed by atoms with E-state index in [1.54, 1.807) is 25.3 Å². The van der Waals surface area contributed by atoms with Crippen LogP contribution >= 0.6 is 0 Å². The average Bonchev–Trinajstić information content (AvgIpc) is 2.50. The number of hydrogen-bond acceptors (Lipinski definition) is 4. The van der Waals surface area contributed by atoms with E-state index in [4.69, 9.17) is 14.2 Å². The van der Waals surface area contributed by atoms with Crippen molar-refractivity contribution in [3.8, 4) is 11.5 Å². The molecule has 0 N–H and O–H groups in total. The fourth-order valence-electron chi connectivity index (χ4n) is 2.03. The highest BCUT2D eigenvalue weighted by Crippen LogP contribution is 2.22. The first-order valence-corrected chi connectivity index (χ1v) is 7.13. The summed E-state index contributed by atoms with van der Waals surface area (Å²) in [5.41, 5.74) is 3.12. The van der Waals surface area contributed by atoms with Crippen molar-refractivity contribution in [2.75, 3.05) is 13.7 Å². The molecule has 0 aliphatic rings. The second kappa shape index (κ2) is 7.61. The van der Waals surface area contributed by atoms with Crippen LogP contribution in [0.1, 0.15) is 16.7 Å². The van der Waals surface area contributed by atoms with Crippen LogP contribution in [0, 0.1) is 13.8 Å². The van der Waals surface area contributed by atoms with Gasteiger partial charge < -0.3 is 14.2 Å². The van der Waals surface area contributed by atoms with Crippen molar-refractivity contribution in [2.45, 2.75) is 20.3 Å². The zero-order chi connectivity index (χ0) is 15.9. The Kier molecular flexibility index (Phi) is 5.55. The number of methoxy groups -OCH3 is 1. The van der Waals surface area contributed by atoms with Gasteiger partial charge in [0.25, 0.3) is 0 Å². The molecule has 0 aromatic heterocycles. The molecule has 0 saturated heterocycles. The molecule has 0 aliphatic carbocycles. The zero-order valence-electron chi connectivity index (χ0n) is 13.1. The van der Waals surface area contributed by atoms with Crippen LogP contribution in [0.15, 0.2) is 42.5 Å². The monoisotopic (exact) mass is 300 g/mol. The zero-order valence-corrected chi connectivity index (χ0v) is 13.1. The molecule has 116 valence electrons. The van der Waals surface area contributed by atoms with Gasteiger partial charge in [-0.1, -0.05) is 35.4 Å². The number of ether oxygens (including phenoxy) is 3. The van der Waals surface area contributed by atoms with Crippen LogP contribution in [0.4, 0.5) is 4.79 Å². The van der Waals surface area contributed by atoms with Crippen molar-refractivity contribution in [2.24, 2.45) is 0 Å². The van der Waals surface area contributed by atoms with E-state index >= 15 is 0 Å². The maximum absolute atomic E-state index is 11.9. The Morgan fingerprint density at radius 2 is 1.64 bits per heavy atom. The first kappa shape index (κ1) is 16.0. The van der Waals surface area contributed by atoms with Crippen LogP contribution in [0.2, 0.25) is 0 Å². The average molecular weight is 300 g/mol. The number of carbonyl (C=O) groups excluding carboxylic acids is 1. The molecule has 0 saturated carbocycles. The van der Waals surface area contributed by atoms with Gasteiger partial charge in [-0.25, -0.2) is 4.79 Å². The Bertz CT molecular complexity index is 632. The van der Waals surface area contributed by atoms with Gasteiger partial charge >= 0.3 is 6.16 Å². The van der Waals surface area contributed by atoms with Crippen LogP contribution in [0.5, 0.6) is 11.5 Å². The lowest BCUT2D eigenvalue weighted by atomic mass is 10.1. The molecule has 0 amide bonds. The van der Waals surface area contributed by atoms with Crippen molar-refractivity contribution in [3.63, 3.8) is 0 Å². The third kappa shape index (κ3) is 4.60. The molecule has 0 unspecified atom stereocenters. The molecule has 0 spiro atoms. The van der Waals surface area contributed by atoms with Crippen molar-refractivity contribution in [1.82, 2.24) is 0 Å². The third-order valence-electron chi connectivity index (χ3n) is 3.21. The van der Waals surface area contributed by atoms with Gasteiger partial charge in [0.05, 0.1) is 6.61 Å². The normalized spacial score (nSPS) is 10.3. The number of benzene rings is 2. The minimum atomic E-state index is -0.744. The van der Waals surface area contributed by atoms with Crippen LogP contribution in [0.3, 0.4) is 0 Å². The van der Waals surface area contributed by atoms with E-state index in [2.05, 4.69) is 0 Å². The lowest BCUT2D eigenvalue weighted by Crippen LogP contribution is -2.15. The molecule has 0 aliphatic heterocycles. The molecule has 0 heterocycles. The molecule has 0 radical (unpaired) electrons. The van der Waals surface area contributed by atoms with Crippen molar-refractivity contribution in [3.05, 3.63) is 59.2 Å². The van der Waals surface area contributed by atoms with E-state index in [9.17, 15) is 4.79 Å². The summed E-state index contributed by atoms with van der Waals surface area (Å²) in [5.74, 6) is 0.959. The standard InChI is InChI=1S/C18H20O4/c1-13-4-7-16(8-5-13)21-18(19)22-17-9-6-14(2)12-15(17)10-11-20-3/h4-9,12H,10-11H2,1-3H3. The maximum atomic E-state index is 11.9. The van der Waals surface area contributed by atoms with Gasteiger partial charge in [-0.15, -0.1) is 0 Å². The molecule has 2 aromatic rings. The fourth-order valence-corrected chi connectivity index (χ4v) is 2.03. The predicted molar refractivity (Wildman–Crippen MR) is 84.6 cm³/mol. The summed E-state index contributed by atoms with van der Waals surface area (Å²) >= 11 is 0. The van der Waals surface area contributed by atoms with Gasteiger partial charge in [0.15, 0.2) is 0 Å². The smallest absolute Gasteiger partial charge is 0.395 e. The molecule has 0 bridgehead atoms. The van der Waals surface area contributed by atoms with Crippen molar-refractivity contribution in [1.29, 1.82) is 0 Å². The Labute approximate surface area is 130 Å². The molecule has 0 fully saturated rings. The lowest BCUT2D eigenvalue weighted by Gasteiger charge is -2.11. The van der Waals surface area contributed by atoms with Crippen LogP contribution in [-0.2, 0) is 11.2 Å². The van der Waals surface area contributed by atoms with E-state index < -0.39 is 6.16 Å². The quantitative estimate of drug-likeness (QED) is 0.617. The highest BCUT2D eigenvalue weighted by atomic mass is 16.7. The second-order valence-corrected chi connectivity index (χ2v) is 5.12. The second-order valence-electron chi connectivity index (χ2n) is 5.12. The minimum absolute atomic E-state index is 0.459. The van der Waals surface area contributed by atoms with E-state index in [1.807, 2.05) is 38.1 Å². The van der Waals surface area contributed by atoms with Crippen molar-refractivity contribution >= 4 is 6.16 Å². The summed E-state index contributed by atoms with van der Waals surface area (Å²) in [4.78, 5) is 11.9. The summed E-state index contributed by atoms with van der Waals surface area (Å²) in [6.07, 6.45) is -0.0721. The molecule has 2 aromatic carbocycles. The van der Waals surface area contributed by atoms with E-state index in [0.717, 1.165) is 16.7 Å². The van der Waals surface area contributed by atoms with E-state index in [0.29, 0.717) is 24.5 Å². The largest absolute Gasteiger partial charge is 0.519 e. The Hall–Kier alpha value is -2.33. The molecule has 22 heavy (non-hydrogen) atoms. The SMILES string of the molecule is COCCc1cc(C)ccc1OC(=O)Oc1ccc(C)cc1. The number of aryl methyl sites for hydroxylation is 2. The fraction of sp³-hybridized carbons (Fsp3) is 0.278. The van der Waals surface area contributed by atoms with Crippen LogP contribution < -0.4 is 9.47 Å². The minimum Gasteiger partial charge on any atom is -0.395 e. The molecule has 4 heteroatoms. The van der Waals surface area contributed by atoms with E-state index in [-0.39, 0.29) is 0 Å². The Morgan fingerprint density at radius 1 is 0.955 bits per heavy atom. The van der Waals surface area contributed by atoms with Gasteiger partial charge in [0, 0.05) is 7.11 Å². The third-order valence-corrected chi connectivity index (χ3v) is 3.21. The summed E-state index contributed by atoms with van der Waals surface area (Å²) in [6, 6.07) is 12.9. The lowest BCUT2D eigenvalue weighted by molar-refractivity contribution is 0.150. The van der Waals surface area contributed by atoms with Gasteiger partial charge in [0.2, 0.25) is 0 Å². The summed E-state index contributed by atoms with van der Waals surface area (Å²) in [6.45, 7) is 4.52. The Balaban J connectivity index is 2.05. The number of carbonyl (C=O) groups is 1. The van der Waals surface area contributed by atoms with Crippen LogP contribution in [0.25, 0.3) is 0 Å². The molecular formula is C18H20O4. The van der Waals surface area contributed by atoms with Gasteiger partial charge in [-0.3, -0.25) is 0 Å². The summed E-state index contributed by atoms with van der Waals surface area (Å²) in [7, 11) is 1.64. The highest BCUT2D eigenvalue weighted by molar-refractivity contribution is 5.67. The van der Waals surface area contributed by atoms with Gasteiger partial charge in [-0.2, -0.15) is 0 Å². The topological polar surface area (TPSA) is 44.8 Å². The van der Waals surface area contributed by atoms with Gasteiger partial charge in [0.1, 0.15) is 11.5 Å². The predicted octanol–water partition coefficient (Wildman–Crippen LogP) is 4.07. The first-order chi connectivity index (χ1) is 10.6. The summed E-state index contributed by atoms with van der Waals surface area (Å²) < 4.78 is 15.6. The van der Waals surface area contributed by atoms with Gasteiger partial charge in [-0.05, 0) is 44.0 Å². The number of hydrogen-bond donors (Lipinski definition) is 0. The van der Waals surface area contributed by atoms with Crippen LogP contribution in [-0.4, -0.2) is 19.9 Å². The summed E-state index contributed by atoms with van der Waals surface area (Å²) in [5, 5.41) is 0. The molecule has 4 nitrogen and oxygen atoms in total. The maximum Gasteiger partial charge on any atom is 0.519 e. The first-order valence-electron chi connectivity index (χ1n) is 7.13. The molecule has 2 rings (SSSR count). The molecular weight excluding hydrogens is 280 g/mol. The number of rotatable bonds is 5. The Morgan fingerprint density at radius 3 is 2.32 bits per heavy atom. The van der Waals surface area contributed by atoms with Crippen molar-refractivity contribution < 1.29 is 19.0 Å². The highest BCUT2D eigenvalue weighted by Gasteiger charge is 2.12. The van der Waals surface area contributed by atoms with E-state index in [1.165, 1.54) is 0 Å². The molecule has 0 atom stereocenters.